The number of para-hydroxylation sites is 1. The van der Waals surface area contributed by atoms with E-state index >= 15 is 0 Å². The molecule has 0 bridgehead atoms. The molecule has 0 radical (unpaired) electrons. The third-order valence-corrected chi connectivity index (χ3v) is 7.58. The van der Waals surface area contributed by atoms with Crippen molar-refractivity contribution in [2.75, 3.05) is 12.8 Å². The average Bonchev–Trinajstić information content (AvgIpc) is 3.35. The van der Waals surface area contributed by atoms with Gasteiger partial charge in [-0.1, -0.05) is 32.0 Å². The number of nitrogens with zero attached hydrogens (tertiary/aromatic N) is 4. The number of likely N-dealkylation sites (N-methyl/N-ethyl adjacent to an activating group) is 1. The molecule has 10 nitrogen and oxygen atoms in total. The van der Waals surface area contributed by atoms with Crippen LogP contribution >= 0.6 is 12.4 Å². The number of hydrogen-bond acceptors (Lipinski definition) is 8. The Morgan fingerprint density at radius 1 is 1.05 bits per heavy atom. The molecule has 1 fully saturated rings. The fourth-order valence-electron chi connectivity index (χ4n) is 5.49. The lowest BCUT2D eigenvalue weighted by molar-refractivity contribution is -0.129. The number of fused-ring (bicyclic) bond motifs is 1. The van der Waals surface area contributed by atoms with Crippen LogP contribution in [-0.2, 0) is 4.79 Å². The quantitative estimate of drug-likeness (QED) is 0.207. The van der Waals surface area contributed by atoms with E-state index in [2.05, 4.69) is 34.4 Å². The summed E-state index contributed by atoms with van der Waals surface area (Å²) in [6.07, 6.45) is 5.37. The van der Waals surface area contributed by atoms with E-state index in [1.165, 1.54) is 6.33 Å². The van der Waals surface area contributed by atoms with Gasteiger partial charge in [-0.25, -0.2) is 14.6 Å². The molecule has 0 aliphatic heterocycles. The SMILES string of the molecule is CNC(N)(CC(C)C)C(=O)NC1CCC(n2nc(-c3ccc(Oc4ccccc4)cc3)c3c(N)ncnc32)CC1.Cl. The Kier molecular flexibility index (Phi) is 9.47. The number of carbonyl (C=O) groups is 1. The zero-order chi connectivity index (χ0) is 28.3. The van der Waals surface area contributed by atoms with Crippen molar-refractivity contribution in [2.45, 2.75) is 63.7 Å². The minimum absolute atomic E-state index is 0. The molecule has 5 rings (SSSR count). The largest absolute Gasteiger partial charge is 0.457 e. The number of nitrogens with two attached hydrogens (primary N) is 2. The monoisotopic (exact) mass is 578 g/mol. The first-order valence-corrected chi connectivity index (χ1v) is 13.9. The van der Waals surface area contributed by atoms with Crippen molar-refractivity contribution in [3.63, 3.8) is 0 Å². The Morgan fingerprint density at radius 2 is 1.71 bits per heavy atom. The molecule has 2 aromatic carbocycles. The molecule has 1 unspecified atom stereocenters. The lowest BCUT2D eigenvalue weighted by atomic mass is 9.90. The van der Waals surface area contributed by atoms with Gasteiger partial charge in [0.15, 0.2) is 5.65 Å². The highest BCUT2D eigenvalue weighted by Crippen LogP contribution is 2.36. The van der Waals surface area contributed by atoms with Gasteiger partial charge in [0, 0.05) is 11.6 Å². The van der Waals surface area contributed by atoms with Gasteiger partial charge in [0.25, 0.3) is 5.91 Å². The lowest BCUT2D eigenvalue weighted by Gasteiger charge is -2.34. The molecular formula is C30H39ClN8O2. The Hall–Kier alpha value is -3.73. The summed E-state index contributed by atoms with van der Waals surface area (Å²) >= 11 is 0. The zero-order valence-electron chi connectivity index (χ0n) is 23.7. The van der Waals surface area contributed by atoms with Crippen LogP contribution < -0.4 is 26.8 Å². The predicted octanol–water partition coefficient (Wildman–Crippen LogP) is 4.81. The number of benzene rings is 2. The molecule has 2 heterocycles. The Morgan fingerprint density at radius 3 is 2.34 bits per heavy atom. The predicted molar refractivity (Wildman–Crippen MR) is 164 cm³/mol. The summed E-state index contributed by atoms with van der Waals surface area (Å²) in [5.41, 5.74) is 14.0. The van der Waals surface area contributed by atoms with Crippen molar-refractivity contribution in [1.29, 1.82) is 0 Å². The highest BCUT2D eigenvalue weighted by molar-refractivity contribution is 5.98. The van der Waals surface area contributed by atoms with Crippen molar-refractivity contribution in [3.8, 4) is 22.8 Å². The maximum atomic E-state index is 13.0. The van der Waals surface area contributed by atoms with Crippen LogP contribution in [0.25, 0.3) is 22.3 Å². The Labute approximate surface area is 246 Å². The molecule has 2 aromatic heterocycles. The third-order valence-electron chi connectivity index (χ3n) is 7.58. The maximum Gasteiger partial charge on any atom is 0.255 e. The van der Waals surface area contributed by atoms with Crippen LogP contribution in [0.4, 0.5) is 5.82 Å². The molecule has 1 saturated carbocycles. The fraction of sp³-hybridized carbons (Fsp3) is 0.400. The summed E-state index contributed by atoms with van der Waals surface area (Å²) in [6, 6.07) is 17.6. The first-order valence-electron chi connectivity index (χ1n) is 13.9. The van der Waals surface area contributed by atoms with E-state index in [9.17, 15) is 4.79 Å². The molecule has 1 aliphatic rings. The second-order valence-corrected chi connectivity index (χ2v) is 11.0. The third kappa shape index (κ3) is 6.61. The van der Waals surface area contributed by atoms with Crippen molar-refractivity contribution < 1.29 is 9.53 Å². The molecule has 0 saturated heterocycles. The van der Waals surface area contributed by atoms with Crippen LogP contribution in [0.1, 0.15) is 52.0 Å². The number of amides is 1. The standard InChI is InChI=1S/C30H38N8O2.ClH/c1-19(2)17-30(32,33-3)29(39)36-21-11-13-22(14-12-21)38-28-25(27(31)34-18-35-28)26(37-38)20-9-15-24(16-10-20)40-23-7-5-4-6-8-23;/h4-10,15-16,18-19,21-22,33H,11-14,17,32H2,1-3H3,(H,36,39)(H2,31,34,35);1H. The van der Waals surface area contributed by atoms with Gasteiger partial charge in [0.2, 0.25) is 0 Å². The number of nitrogen functional groups attached to an aromatic ring is 1. The van der Waals surface area contributed by atoms with Crippen LogP contribution in [0.3, 0.4) is 0 Å². The Balaban J connectivity index is 0.00000387. The number of rotatable bonds is 9. The van der Waals surface area contributed by atoms with E-state index in [0.717, 1.165) is 53.8 Å². The number of anilines is 1. The second-order valence-electron chi connectivity index (χ2n) is 11.0. The van der Waals surface area contributed by atoms with Crippen molar-refractivity contribution in [1.82, 2.24) is 30.4 Å². The van der Waals surface area contributed by atoms with Crippen LogP contribution in [-0.4, -0.2) is 44.4 Å². The minimum atomic E-state index is -1.08. The summed E-state index contributed by atoms with van der Waals surface area (Å²) in [7, 11) is 1.73. The van der Waals surface area contributed by atoms with Gasteiger partial charge in [0.1, 0.15) is 35.0 Å². The smallest absolute Gasteiger partial charge is 0.255 e. The van der Waals surface area contributed by atoms with Crippen LogP contribution in [0.5, 0.6) is 11.5 Å². The van der Waals surface area contributed by atoms with Crippen molar-refractivity contribution >= 4 is 35.2 Å². The number of aromatic nitrogens is 4. The molecule has 11 heteroatoms. The van der Waals surface area contributed by atoms with E-state index in [-0.39, 0.29) is 30.4 Å². The summed E-state index contributed by atoms with van der Waals surface area (Å²) < 4.78 is 7.93. The summed E-state index contributed by atoms with van der Waals surface area (Å²) in [4.78, 5) is 21.8. The fourth-order valence-corrected chi connectivity index (χ4v) is 5.49. The van der Waals surface area contributed by atoms with Gasteiger partial charge < -0.3 is 21.5 Å². The average molecular weight is 579 g/mol. The molecular weight excluding hydrogens is 540 g/mol. The second kappa shape index (κ2) is 12.8. The van der Waals surface area contributed by atoms with Gasteiger partial charge in [-0.3, -0.25) is 10.1 Å². The van der Waals surface area contributed by atoms with Gasteiger partial charge in [-0.05, 0) is 81.5 Å². The molecule has 6 N–H and O–H groups in total. The topological polar surface area (TPSA) is 146 Å². The molecule has 1 atom stereocenters. The normalized spacial score (nSPS) is 18.5. The number of nitrogens with one attached hydrogen (secondary N) is 2. The molecule has 218 valence electrons. The molecule has 41 heavy (non-hydrogen) atoms. The summed E-state index contributed by atoms with van der Waals surface area (Å²) in [6.45, 7) is 4.12. The van der Waals surface area contributed by atoms with E-state index in [1.807, 2.05) is 59.3 Å². The maximum absolute atomic E-state index is 13.0. The number of ether oxygens (including phenoxy) is 1. The zero-order valence-corrected chi connectivity index (χ0v) is 24.5. The molecule has 0 spiro atoms. The summed E-state index contributed by atoms with van der Waals surface area (Å²) in [5, 5.41) is 11.9. The van der Waals surface area contributed by atoms with Crippen molar-refractivity contribution in [3.05, 3.63) is 60.9 Å². The van der Waals surface area contributed by atoms with E-state index in [1.54, 1.807) is 7.05 Å². The van der Waals surface area contributed by atoms with Gasteiger partial charge in [0.05, 0.1) is 11.4 Å². The van der Waals surface area contributed by atoms with Crippen LogP contribution in [0, 0.1) is 5.92 Å². The van der Waals surface area contributed by atoms with Crippen LogP contribution in [0.15, 0.2) is 60.9 Å². The number of hydrogen-bond donors (Lipinski definition) is 4. The summed E-state index contributed by atoms with van der Waals surface area (Å²) in [5.74, 6) is 2.05. The van der Waals surface area contributed by atoms with E-state index in [0.29, 0.717) is 23.8 Å². The number of carbonyl (C=O) groups excluding carboxylic acids is 1. The van der Waals surface area contributed by atoms with E-state index in [4.69, 9.17) is 21.3 Å². The highest BCUT2D eigenvalue weighted by Gasteiger charge is 2.35. The van der Waals surface area contributed by atoms with Gasteiger partial charge >= 0.3 is 0 Å². The van der Waals surface area contributed by atoms with E-state index < -0.39 is 5.66 Å². The lowest BCUT2D eigenvalue weighted by Crippen LogP contribution is -2.64. The Bertz CT molecular complexity index is 1450. The first kappa shape index (κ1) is 30.2. The van der Waals surface area contributed by atoms with Gasteiger partial charge in [-0.2, -0.15) is 5.10 Å². The number of halogens is 1. The molecule has 4 aromatic rings. The minimum Gasteiger partial charge on any atom is -0.457 e. The molecule has 1 aliphatic carbocycles. The van der Waals surface area contributed by atoms with Crippen LogP contribution in [0.2, 0.25) is 0 Å². The molecule has 1 amide bonds. The first-order chi connectivity index (χ1) is 19.3. The highest BCUT2D eigenvalue weighted by atomic mass is 35.5. The van der Waals surface area contributed by atoms with Gasteiger partial charge in [-0.15, -0.1) is 12.4 Å². The van der Waals surface area contributed by atoms with Crippen molar-refractivity contribution in [2.24, 2.45) is 11.7 Å².